The van der Waals surface area contributed by atoms with Crippen LogP contribution in [0.25, 0.3) is 0 Å². The molecule has 1 aliphatic heterocycles. The molecule has 0 saturated carbocycles. The van der Waals surface area contributed by atoms with E-state index in [4.69, 9.17) is 9.84 Å². The molecule has 1 aliphatic rings. The van der Waals surface area contributed by atoms with Crippen LogP contribution in [0.1, 0.15) is 37.7 Å². The average molecular weight is 277 g/mol. The molecule has 20 heavy (non-hydrogen) atoms. The van der Waals surface area contributed by atoms with Crippen LogP contribution in [0.5, 0.6) is 5.75 Å². The van der Waals surface area contributed by atoms with Crippen molar-refractivity contribution in [3.63, 3.8) is 0 Å². The molecule has 108 valence electrons. The van der Waals surface area contributed by atoms with Crippen molar-refractivity contribution in [1.82, 2.24) is 5.32 Å². The largest absolute Gasteiger partial charge is 0.492 e. The van der Waals surface area contributed by atoms with E-state index in [9.17, 15) is 9.59 Å². The summed E-state index contributed by atoms with van der Waals surface area (Å²) < 4.78 is 5.45. The van der Waals surface area contributed by atoms with Crippen molar-refractivity contribution in [1.29, 1.82) is 0 Å². The van der Waals surface area contributed by atoms with Crippen LogP contribution in [-0.2, 0) is 9.59 Å². The molecule has 0 spiro atoms. The molecule has 0 aliphatic carbocycles. The van der Waals surface area contributed by atoms with Crippen LogP contribution < -0.4 is 10.1 Å². The third-order valence-electron chi connectivity index (χ3n) is 3.48. The number of nitrogens with one attached hydrogen (secondary N) is 1. The first kappa shape index (κ1) is 14.4. The van der Waals surface area contributed by atoms with Crippen molar-refractivity contribution in [3.8, 4) is 5.75 Å². The quantitative estimate of drug-likeness (QED) is 0.833. The number of para-hydroxylation sites is 1. The Balaban J connectivity index is 2.03. The second kappa shape index (κ2) is 6.41. The number of hydrogen-bond acceptors (Lipinski definition) is 3. The molecule has 1 aromatic carbocycles. The monoisotopic (exact) mass is 277 g/mol. The van der Waals surface area contributed by atoms with Gasteiger partial charge in [0.05, 0.1) is 0 Å². The van der Waals surface area contributed by atoms with E-state index in [1.54, 1.807) is 0 Å². The van der Waals surface area contributed by atoms with Crippen LogP contribution in [0.2, 0.25) is 0 Å². The number of carbonyl (C=O) groups is 2. The van der Waals surface area contributed by atoms with E-state index in [-0.39, 0.29) is 12.5 Å². The van der Waals surface area contributed by atoms with Gasteiger partial charge in [-0.2, -0.15) is 0 Å². The Morgan fingerprint density at radius 2 is 2.20 bits per heavy atom. The minimum absolute atomic E-state index is 0.269. The van der Waals surface area contributed by atoms with E-state index >= 15 is 0 Å². The fourth-order valence-corrected chi connectivity index (χ4v) is 2.32. The zero-order chi connectivity index (χ0) is 14.5. The predicted octanol–water partition coefficient (Wildman–Crippen LogP) is 1.92. The van der Waals surface area contributed by atoms with Gasteiger partial charge in [-0.05, 0) is 12.5 Å². The summed E-state index contributed by atoms with van der Waals surface area (Å²) in [6, 6.07) is 6.53. The number of carboxylic acids is 1. The van der Waals surface area contributed by atoms with Crippen LogP contribution in [-0.4, -0.2) is 29.6 Å². The molecule has 1 unspecified atom stereocenters. The van der Waals surface area contributed by atoms with Gasteiger partial charge in [0.25, 0.3) is 0 Å². The number of amides is 1. The van der Waals surface area contributed by atoms with E-state index in [0.717, 1.165) is 18.4 Å². The molecule has 2 rings (SSSR count). The van der Waals surface area contributed by atoms with Gasteiger partial charge in [0.2, 0.25) is 5.91 Å². The number of benzene rings is 1. The number of carboxylic acid groups (broad SMARTS) is 1. The SMILES string of the molecule is CCCC[C@H](NC(=O)C1COc2ccccc21)C(=O)O. The van der Waals surface area contributed by atoms with Crippen LogP contribution in [0.4, 0.5) is 0 Å². The molecule has 2 N–H and O–H groups in total. The first-order chi connectivity index (χ1) is 9.63. The molecular weight excluding hydrogens is 258 g/mol. The highest BCUT2D eigenvalue weighted by atomic mass is 16.5. The first-order valence-corrected chi connectivity index (χ1v) is 6.88. The molecule has 2 atom stereocenters. The summed E-state index contributed by atoms with van der Waals surface area (Å²) in [6.45, 7) is 2.26. The van der Waals surface area contributed by atoms with Crippen molar-refractivity contribution in [2.24, 2.45) is 0 Å². The third kappa shape index (κ3) is 3.10. The summed E-state index contributed by atoms with van der Waals surface area (Å²) in [5, 5.41) is 11.8. The van der Waals surface area contributed by atoms with Gasteiger partial charge in [0.1, 0.15) is 24.3 Å². The molecule has 1 aromatic rings. The number of carbonyl (C=O) groups excluding carboxylic acids is 1. The number of fused-ring (bicyclic) bond motifs is 1. The maximum absolute atomic E-state index is 12.2. The van der Waals surface area contributed by atoms with Crippen molar-refractivity contribution in [3.05, 3.63) is 29.8 Å². The zero-order valence-electron chi connectivity index (χ0n) is 11.5. The predicted molar refractivity (Wildman–Crippen MR) is 73.8 cm³/mol. The normalized spacial score (nSPS) is 17.9. The maximum atomic E-state index is 12.2. The Morgan fingerprint density at radius 1 is 1.45 bits per heavy atom. The van der Waals surface area contributed by atoms with E-state index in [1.807, 2.05) is 31.2 Å². The van der Waals surface area contributed by atoms with Gasteiger partial charge in [-0.3, -0.25) is 4.79 Å². The molecule has 1 amide bonds. The Bertz CT molecular complexity index is 500. The molecule has 0 fully saturated rings. The smallest absolute Gasteiger partial charge is 0.326 e. The van der Waals surface area contributed by atoms with Crippen molar-refractivity contribution < 1.29 is 19.4 Å². The lowest BCUT2D eigenvalue weighted by molar-refractivity contribution is -0.142. The molecule has 1 heterocycles. The second-order valence-electron chi connectivity index (χ2n) is 4.94. The van der Waals surface area contributed by atoms with E-state index < -0.39 is 17.9 Å². The summed E-state index contributed by atoms with van der Waals surface area (Å²) in [6.07, 6.45) is 2.12. The molecule has 5 heteroatoms. The summed E-state index contributed by atoms with van der Waals surface area (Å²) in [7, 11) is 0. The van der Waals surface area contributed by atoms with Gasteiger partial charge in [0.15, 0.2) is 0 Å². The average Bonchev–Trinajstić information content (AvgIpc) is 2.87. The third-order valence-corrected chi connectivity index (χ3v) is 3.48. The summed E-state index contributed by atoms with van der Waals surface area (Å²) in [5.41, 5.74) is 0.824. The van der Waals surface area contributed by atoms with Gasteiger partial charge >= 0.3 is 5.97 Å². The van der Waals surface area contributed by atoms with Crippen LogP contribution in [0.3, 0.4) is 0 Å². The van der Waals surface area contributed by atoms with Crippen molar-refractivity contribution in [2.75, 3.05) is 6.61 Å². The fraction of sp³-hybridized carbons (Fsp3) is 0.467. The number of hydrogen-bond donors (Lipinski definition) is 2. The topological polar surface area (TPSA) is 75.6 Å². The first-order valence-electron chi connectivity index (χ1n) is 6.88. The number of aliphatic carboxylic acids is 1. The zero-order valence-corrected chi connectivity index (χ0v) is 11.5. The van der Waals surface area contributed by atoms with E-state index in [2.05, 4.69) is 5.32 Å². The minimum atomic E-state index is -0.987. The van der Waals surface area contributed by atoms with Crippen LogP contribution >= 0.6 is 0 Å². The van der Waals surface area contributed by atoms with Crippen LogP contribution in [0, 0.1) is 0 Å². The maximum Gasteiger partial charge on any atom is 0.326 e. The van der Waals surface area contributed by atoms with E-state index in [0.29, 0.717) is 12.2 Å². The molecule has 0 aromatic heterocycles. The lowest BCUT2D eigenvalue weighted by Gasteiger charge is -2.16. The molecule has 0 saturated heterocycles. The molecule has 0 radical (unpaired) electrons. The van der Waals surface area contributed by atoms with Gasteiger partial charge in [-0.15, -0.1) is 0 Å². The highest BCUT2D eigenvalue weighted by Crippen LogP contribution is 2.33. The standard InChI is InChI=1S/C15H19NO4/c1-2-3-7-12(15(18)19)16-14(17)11-9-20-13-8-5-4-6-10(11)13/h4-6,8,11-12H,2-3,7,9H2,1H3,(H,16,17)(H,18,19)/t11?,12-/m0/s1. The van der Waals surface area contributed by atoms with Gasteiger partial charge in [-0.1, -0.05) is 38.0 Å². The summed E-state index contributed by atoms with van der Waals surface area (Å²) in [5.74, 6) is -0.986. The Hall–Kier alpha value is -2.04. The Morgan fingerprint density at radius 3 is 2.90 bits per heavy atom. The van der Waals surface area contributed by atoms with Crippen molar-refractivity contribution >= 4 is 11.9 Å². The Kier molecular flexibility index (Phi) is 4.61. The number of ether oxygens (including phenoxy) is 1. The highest BCUT2D eigenvalue weighted by molar-refractivity contribution is 5.89. The van der Waals surface area contributed by atoms with Crippen LogP contribution in [0.15, 0.2) is 24.3 Å². The second-order valence-corrected chi connectivity index (χ2v) is 4.94. The van der Waals surface area contributed by atoms with Gasteiger partial charge in [0, 0.05) is 5.56 Å². The lowest BCUT2D eigenvalue weighted by atomic mass is 9.99. The number of rotatable bonds is 6. The summed E-state index contributed by atoms with van der Waals surface area (Å²) in [4.78, 5) is 23.4. The summed E-state index contributed by atoms with van der Waals surface area (Å²) >= 11 is 0. The van der Waals surface area contributed by atoms with Gasteiger partial charge in [-0.25, -0.2) is 4.79 Å². The van der Waals surface area contributed by atoms with Crippen molar-refractivity contribution in [2.45, 2.75) is 38.1 Å². The number of unbranched alkanes of at least 4 members (excludes halogenated alkanes) is 1. The van der Waals surface area contributed by atoms with E-state index in [1.165, 1.54) is 0 Å². The molecular formula is C15H19NO4. The molecule has 5 nitrogen and oxygen atoms in total. The Labute approximate surface area is 117 Å². The molecule has 0 bridgehead atoms. The fourth-order valence-electron chi connectivity index (χ4n) is 2.32. The van der Waals surface area contributed by atoms with Gasteiger partial charge < -0.3 is 15.2 Å². The minimum Gasteiger partial charge on any atom is -0.492 e. The highest BCUT2D eigenvalue weighted by Gasteiger charge is 2.32. The lowest BCUT2D eigenvalue weighted by Crippen LogP contribution is -2.43.